The van der Waals surface area contributed by atoms with E-state index in [1.54, 1.807) is 24.3 Å². The van der Waals surface area contributed by atoms with Gasteiger partial charge < -0.3 is 25.6 Å². The minimum atomic E-state index is -1.37. The van der Waals surface area contributed by atoms with Crippen molar-refractivity contribution in [1.82, 2.24) is 0 Å². The van der Waals surface area contributed by atoms with E-state index in [2.05, 4.69) is 10.6 Å². The molecule has 3 rings (SSSR count). The molecule has 3 aromatic rings. The lowest BCUT2D eigenvalue weighted by molar-refractivity contribution is -0.114. The van der Waals surface area contributed by atoms with E-state index in [0.29, 0.717) is 16.8 Å². The zero-order chi connectivity index (χ0) is 25.7. The molecular formula is C25H20N4O6. The first kappa shape index (κ1) is 24.5. The van der Waals surface area contributed by atoms with Crippen molar-refractivity contribution in [3.05, 3.63) is 71.3 Å². The van der Waals surface area contributed by atoms with Gasteiger partial charge >= 0.3 is 5.97 Å². The fraction of sp³-hybridized carbons (Fsp3) is 0.0800. The van der Waals surface area contributed by atoms with E-state index in [4.69, 9.17) is 15.4 Å². The fourth-order valence-electron chi connectivity index (χ4n) is 3.37. The third kappa shape index (κ3) is 5.26. The molecule has 0 fully saturated rings. The molecule has 0 aliphatic heterocycles. The van der Waals surface area contributed by atoms with Crippen LogP contribution in [-0.2, 0) is 9.59 Å². The van der Waals surface area contributed by atoms with Crippen LogP contribution in [0.5, 0.6) is 11.5 Å². The predicted octanol–water partition coefficient (Wildman–Crippen LogP) is 3.60. The van der Waals surface area contributed by atoms with Crippen molar-refractivity contribution in [3.8, 4) is 28.7 Å². The Balaban J connectivity index is 1.98. The molecule has 35 heavy (non-hydrogen) atoms. The summed E-state index contributed by atoms with van der Waals surface area (Å²) in [4.78, 5) is 35.8. The van der Waals surface area contributed by atoms with E-state index in [0.717, 1.165) is 6.07 Å². The molecule has 0 atom stereocenters. The van der Waals surface area contributed by atoms with E-state index in [1.807, 2.05) is 6.07 Å². The Kier molecular flexibility index (Phi) is 7.12. The highest BCUT2D eigenvalue weighted by atomic mass is 16.5. The molecule has 0 radical (unpaired) electrons. The van der Waals surface area contributed by atoms with Crippen LogP contribution in [0.2, 0.25) is 0 Å². The molecule has 0 aliphatic carbocycles. The maximum absolute atomic E-state index is 12.7. The number of methoxy groups -OCH3 is 1. The van der Waals surface area contributed by atoms with Gasteiger partial charge in [0.25, 0.3) is 5.91 Å². The molecule has 176 valence electrons. The maximum atomic E-state index is 12.7. The third-order valence-electron chi connectivity index (χ3n) is 4.97. The summed E-state index contributed by atoms with van der Waals surface area (Å²) in [6.07, 6.45) is 0. The first-order chi connectivity index (χ1) is 16.7. The standard InChI is InChI=1S/C25H20N4O6/c1-13(30)28-19-6-4-3-5-15(19)16-10-21(31)18(11-22(16)35-2)23(27)24(32)29-20-8-7-14(12-26)9-17(20)25(33)34/h3-11,27,31H,1-2H3,(H,28,30)(H,29,32)(H,33,34). The number of nitrogens with zero attached hydrogens (tertiary/aromatic N) is 1. The minimum Gasteiger partial charge on any atom is -0.507 e. The number of ether oxygens (including phenoxy) is 1. The number of phenolic OH excluding ortho intramolecular Hbond substituents is 1. The number of aromatic hydroxyl groups is 1. The summed E-state index contributed by atoms with van der Waals surface area (Å²) in [5.41, 5.74) is 0.269. The Hall–Kier alpha value is -5.17. The second-order valence-electron chi connectivity index (χ2n) is 7.30. The van der Waals surface area contributed by atoms with Gasteiger partial charge in [-0.05, 0) is 36.4 Å². The highest BCUT2D eigenvalue weighted by Gasteiger charge is 2.22. The van der Waals surface area contributed by atoms with Crippen LogP contribution < -0.4 is 15.4 Å². The first-order valence-electron chi connectivity index (χ1n) is 10.1. The molecule has 5 N–H and O–H groups in total. The number of amides is 2. The second kappa shape index (κ2) is 10.2. The Bertz CT molecular complexity index is 1410. The lowest BCUT2D eigenvalue weighted by Crippen LogP contribution is -2.24. The monoisotopic (exact) mass is 472 g/mol. The van der Waals surface area contributed by atoms with Crippen LogP contribution in [0.25, 0.3) is 11.1 Å². The summed E-state index contributed by atoms with van der Waals surface area (Å²) in [5, 5.41) is 42.3. The average Bonchev–Trinajstić information content (AvgIpc) is 2.83. The number of hydrogen-bond donors (Lipinski definition) is 5. The zero-order valence-electron chi connectivity index (χ0n) is 18.7. The van der Waals surface area contributed by atoms with Crippen molar-refractivity contribution >= 4 is 34.9 Å². The number of nitriles is 1. The molecule has 10 heteroatoms. The normalized spacial score (nSPS) is 10.1. The number of hydrogen-bond acceptors (Lipinski definition) is 7. The summed E-state index contributed by atoms with van der Waals surface area (Å²) >= 11 is 0. The zero-order valence-corrected chi connectivity index (χ0v) is 18.7. The first-order valence-corrected chi connectivity index (χ1v) is 10.1. The molecule has 0 unspecified atom stereocenters. The van der Waals surface area contributed by atoms with Gasteiger partial charge in [-0.3, -0.25) is 15.0 Å². The Morgan fingerprint density at radius 1 is 0.971 bits per heavy atom. The molecule has 2 amide bonds. The van der Waals surface area contributed by atoms with Gasteiger partial charge in [0, 0.05) is 23.7 Å². The topological polar surface area (TPSA) is 173 Å². The number of phenols is 1. The summed E-state index contributed by atoms with van der Waals surface area (Å²) in [7, 11) is 1.38. The van der Waals surface area contributed by atoms with Crippen LogP contribution in [0, 0.1) is 16.7 Å². The molecule has 0 saturated carbocycles. The van der Waals surface area contributed by atoms with Gasteiger partial charge in [-0.25, -0.2) is 4.79 Å². The lowest BCUT2D eigenvalue weighted by Gasteiger charge is -2.16. The number of carbonyl (C=O) groups is 3. The molecule has 0 bridgehead atoms. The number of carboxylic acid groups (broad SMARTS) is 1. The molecule has 0 aromatic heterocycles. The smallest absolute Gasteiger partial charge is 0.337 e. The van der Waals surface area contributed by atoms with E-state index >= 15 is 0 Å². The minimum absolute atomic E-state index is 0.0907. The summed E-state index contributed by atoms with van der Waals surface area (Å²) in [5.74, 6) is -2.83. The quantitative estimate of drug-likeness (QED) is 0.327. The number of aromatic carboxylic acids is 1. The van der Waals surface area contributed by atoms with E-state index < -0.39 is 23.3 Å². The largest absolute Gasteiger partial charge is 0.507 e. The number of carbonyl (C=O) groups excluding carboxylic acids is 2. The molecule has 10 nitrogen and oxygen atoms in total. The fourth-order valence-corrected chi connectivity index (χ4v) is 3.37. The van der Waals surface area contributed by atoms with Crippen LogP contribution in [0.4, 0.5) is 11.4 Å². The van der Waals surface area contributed by atoms with Crippen LogP contribution >= 0.6 is 0 Å². The lowest BCUT2D eigenvalue weighted by atomic mass is 9.97. The van der Waals surface area contributed by atoms with Crippen molar-refractivity contribution in [2.45, 2.75) is 6.92 Å². The van der Waals surface area contributed by atoms with Gasteiger partial charge in [-0.2, -0.15) is 5.26 Å². The Morgan fingerprint density at radius 2 is 1.69 bits per heavy atom. The molecule has 0 heterocycles. The van der Waals surface area contributed by atoms with Gasteiger partial charge in [0.15, 0.2) is 0 Å². The summed E-state index contributed by atoms with van der Waals surface area (Å²) in [6, 6.07) is 14.9. The molecule has 3 aromatic carbocycles. The van der Waals surface area contributed by atoms with Gasteiger partial charge in [-0.15, -0.1) is 0 Å². The van der Waals surface area contributed by atoms with Gasteiger partial charge in [0.1, 0.15) is 17.2 Å². The Morgan fingerprint density at radius 3 is 2.31 bits per heavy atom. The van der Waals surface area contributed by atoms with Crippen molar-refractivity contribution in [2.75, 3.05) is 17.7 Å². The summed E-state index contributed by atoms with van der Waals surface area (Å²) in [6.45, 7) is 1.36. The maximum Gasteiger partial charge on any atom is 0.337 e. The van der Waals surface area contributed by atoms with Gasteiger partial charge in [0.2, 0.25) is 5.91 Å². The highest BCUT2D eigenvalue weighted by Crippen LogP contribution is 2.39. The molecule has 0 saturated heterocycles. The number of nitrogens with one attached hydrogen (secondary N) is 3. The number of para-hydroxylation sites is 1. The van der Waals surface area contributed by atoms with Crippen molar-refractivity contribution in [1.29, 1.82) is 10.7 Å². The van der Waals surface area contributed by atoms with Crippen LogP contribution in [0.15, 0.2) is 54.6 Å². The van der Waals surface area contributed by atoms with Gasteiger partial charge in [0.05, 0.1) is 35.6 Å². The number of carboxylic acids is 1. The molecule has 0 spiro atoms. The van der Waals surface area contributed by atoms with Crippen molar-refractivity contribution in [2.24, 2.45) is 0 Å². The number of benzene rings is 3. The van der Waals surface area contributed by atoms with Crippen LogP contribution in [0.1, 0.15) is 28.4 Å². The Labute approximate surface area is 199 Å². The van der Waals surface area contributed by atoms with E-state index in [-0.39, 0.29) is 34.0 Å². The summed E-state index contributed by atoms with van der Waals surface area (Å²) < 4.78 is 5.42. The molecular weight excluding hydrogens is 452 g/mol. The van der Waals surface area contributed by atoms with E-state index in [1.165, 1.54) is 38.3 Å². The third-order valence-corrected chi connectivity index (χ3v) is 4.97. The van der Waals surface area contributed by atoms with Crippen molar-refractivity contribution in [3.63, 3.8) is 0 Å². The van der Waals surface area contributed by atoms with Gasteiger partial charge in [-0.1, -0.05) is 18.2 Å². The SMILES string of the molecule is COc1cc(C(=N)C(=O)Nc2ccc(C#N)cc2C(=O)O)c(O)cc1-c1ccccc1NC(C)=O. The van der Waals surface area contributed by atoms with Crippen LogP contribution in [-0.4, -0.2) is 40.8 Å². The van der Waals surface area contributed by atoms with E-state index in [9.17, 15) is 24.6 Å². The van der Waals surface area contributed by atoms with Crippen molar-refractivity contribution < 1.29 is 29.3 Å². The predicted molar refractivity (Wildman–Crippen MR) is 128 cm³/mol. The van der Waals surface area contributed by atoms with Crippen LogP contribution in [0.3, 0.4) is 0 Å². The average molecular weight is 472 g/mol. The number of anilines is 2. The number of rotatable bonds is 7. The second-order valence-corrected chi connectivity index (χ2v) is 7.30. The highest BCUT2D eigenvalue weighted by molar-refractivity contribution is 6.48. The molecule has 0 aliphatic rings.